The van der Waals surface area contributed by atoms with Crippen LogP contribution in [0.3, 0.4) is 0 Å². The molecule has 2 amide bonds. The van der Waals surface area contributed by atoms with E-state index in [-0.39, 0.29) is 11.8 Å². The van der Waals surface area contributed by atoms with E-state index >= 15 is 0 Å². The minimum absolute atomic E-state index is 0.238. The highest BCUT2D eigenvalue weighted by atomic mass is 16.2. The number of carbonyl (C=O) groups is 2. The maximum absolute atomic E-state index is 11.9. The van der Waals surface area contributed by atoms with Crippen molar-refractivity contribution in [1.29, 1.82) is 0 Å². The summed E-state index contributed by atoms with van der Waals surface area (Å²) in [6.07, 6.45) is 3.84. The van der Waals surface area contributed by atoms with Gasteiger partial charge in [0.15, 0.2) is 5.65 Å². The molecular weight excluding hydrogens is 234 g/mol. The van der Waals surface area contributed by atoms with Gasteiger partial charge in [0.05, 0.1) is 17.8 Å². The maximum atomic E-state index is 11.9. The second-order valence-corrected chi connectivity index (χ2v) is 4.26. The summed E-state index contributed by atoms with van der Waals surface area (Å²) >= 11 is 0. The predicted octanol–water partition coefficient (Wildman–Crippen LogP) is -0.168. The molecule has 1 atom stereocenters. The maximum Gasteiger partial charge on any atom is 0.234 e. The number of nitrogens with one attached hydrogen (secondary N) is 1. The molecule has 2 aromatic heterocycles. The molecule has 0 saturated carbocycles. The first-order chi connectivity index (χ1) is 8.65. The lowest BCUT2D eigenvalue weighted by Crippen LogP contribution is -2.39. The third kappa shape index (κ3) is 1.60. The van der Waals surface area contributed by atoms with E-state index in [0.29, 0.717) is 29.7 Å². The van der Waals surface area contributed by atoms with Crippen molar-refractivity contribution in [1.82, 2.24) is 19.9 Å². The molecule has 0 spiro atoms. The fourth-order valence-corrected chi connectivity index (χ4v) is 2.22. The summed E-state index contributed by atoms with van der Waals surface area (Å²) in [7, 11) is 0. The third-order valence-corrected chi connectivity index (χ3v) is 3.04. The zero-order chi connectivity index (χ0) is 12.7. The normalized spacial score (nSPS) is 20.1. The fourth-order valence-electron chi connectivity index (χ4n) is 2.22. The van der Waals surface area contributed by atoms with Crippen LogP contribution in [0.15, 0.2) is 18.6 Å². The second kappa shape index (κ2) is 3.80. The number of nitrogens with zero attached hydrogens (tertiary/aromatic N) is 3. The standard InChI is InChI=1S/C11H11N5O2/c12-6-3-8(10-13-5-14-16(10)4-6)7-1-2-9(17)15-11(7)18/h3-5,7H,1-2,12H2,(H,15,17,18). The average molecular weight is 245 g/mol. The van der Waals surface area contributed by atoms with Crippen molar-refractivity contribution >= 4 is 23.1 Å². The number of fused-ring (bicyclic) bond motifs is 1. The Morgan fingerprint density at radius 1 is 1.44 bits per heavy atom. The van der Waals surface area contributed by atoms with E-state index in [4.69, 9.17) is 5.73 Å². The first-order valence-electron chi connectivity index (χ1n) is 5.57. The molecule has 3 heterocycles. The zero-order valence-corrected chi connectivity index (χ0v) is 9.46. The van der Waals surface area contributed by atoms with Crippen LogP contribution in [0, 0.1) is 0 Å². The summed E-state index contributed by atoms with van der Waals surface area (Å²) in [6.45, 7) is 0. The van der Waals surface area contributed by atoms with Crippen molar-refractivity contribution < 1.29 is 9.59 Å². The molecule has 3 rings (SSSR count). The van der Waals surface area contributed by atoms with Crippen LogP contribution < -0.4 is 11.1 Å². The first kappa shape index (κ1) is 10.7. The molecule has 1 unspecified atom stereocenters. The van der Waals surface area contributed by atoms with E-state index in [1.165, 1.54) is 10.8 Å². The highest BCUT2D eigenvalue weighted by Crippen LogP contribution is 2.28. The summed E-state index contributed by atoms with van der Waals surface area (Å²) in [6, 6.07) is 1.71. The summed E-state index contributed by atoms with van der Waals surface area (Å²) in [5.41, 5.74) is 7.59. The van der Waals surface area contributed by atoms with Gasteiger partial charge in [-0.15, -0.1) is 0 Å². The number of piperidine rings is 1. The molecule has 92 valence electrons. The van der Waals surface area contributed by atoms with Crippen molar-refractivity contribution in [2.75, 3.05) is 5.73 Å². The average Bonchev–Trinajstić information content (AvgIpc) is 2.76. The smallest absolute Gasteiger partial charge is 0.234 e. The minimum Gasteiger partial charge on any atom is -0.397 e. The lowest BCUT2D eigenvalue weighted by molar-refractivity contribution is -0.134. The van der Waals surface area contributed by atoms with Crippen LogP contribution in [0.4, 0.5) is 5.69 Å². The molecule has 7 heteroatoms. The Kier molecular flexibility index (Phi) is 2.26. The van der Waals surface area contributed by atoms with Crippen LogP contribution in [-0.2, 0) is 9.59 Å². The predicted molar refractivity (Wildman–Crippen MR) is 62.5 cm³/mol. The molecule has 1 aliphatic heterocycles. The molecule has 2 aromatic rings. The Morgan fingerprint density at radius 3 is 3.06 bits per heavy atom. The number of hydrogen-bond acceptors (Lipinski definition) is 5. The molecule has 0 aromatic carbocycles. The summed E-state index contributed by atoms with van der Waals surface area (Å²) in [4.78, 5) is 27.1. The van der Waals surface area contributed by atoms with Gasteiger partial charge in [-0.2, -0.15) is 5.10 Å². The van der Waals surface area contributed by atoms with E-state index < -0.39 is 5.92 Å². The topological polar surface area (TPSA) is 102 Å². The van der Waals surface area contributed by atoms with Gasteiger partial charge < -0.3 is 5.73 Å². The van der Waals surface area contributed by atoms with Gasteiger partial charge >= 0.3 is 0 Å². The zero-order valence-electron chi connectivity index (χ0n) is 9.46. The lowest BCUT2D eigenvalue weighted by atomic mass is 9.91. The van der Waals surface area contributed by atoms with Crippen LogP contribution in [0.25, 0.3) is 5.65 Å². The number of amides is 2. The Balaban J connectivity index is 2.11. The third-order valence-electron chi connectivity index (χ3n) is 3.04. The van der Waals surface area contributed by atoms with Crippen LogP contribution >= 0.6 is 0 Å². The highest BCUT2D eigenvalue weighted by Gasteiger charge is 2.30. The largest absolute Gasteiger partial charge is 0.397 e. The molecule has 1 saturated heterocycles. The molecule has 7 nitrogen and oxygen atoms in total. The van der Waals surface area contributed by atoms with E-state index in [9.17, 15) is 9.59 Å². The number of aromatic nitrogens is 3. The summed E-state index contributed by atoms with van der Waals surface area (Å²) in [5, 5.41) is 6.33. The fraction of sp³-hybridized carbons (Fsp3) is 0.273. The summed E-state index contributed by atoms with van der Waals surface area (Å²) in [5.74, 6) is -0.947. The molecule has 18 heavy (non-hydrogen) atoms. The van der Waals surface area contributed by atoms with Gasteiger partial charge in [0.1, 0.15) is 6.33 Å². The van der Waals surface area contributed by atoms with Gasteiger partial charge in [0, 0.05) is 12.0 Å². The first-order valence-corrected chi connectivity index (χ1v) is 5.57. The van der Waals surface area contributed by atoms with Gasteiger partial charge in [-0.1, -0.05) is 0 Å². The minimum atomic E-state index is -0.405. The van der Waals surface area contributed by atoms with E-state index in [0.717, 1.165) is 0 Å². The number of carbonyl (C=O) groups excluding carboxylic acids is 2. The van der Waals surface area contributed by atoms with Crippen LogP contribution in [0.2, 0.25) is 0 Å². The number of imide groups is 1. The van der Waals surface area contributed by atoms with E-state index in [2.05, 4.69) is 15.4 Å². The molecule has 0 aliphatic carbocycles. The monoisotopic (exact) mass is 245 g/mol. The van der Waals surface area contributed by atoms with Crippen molar-refractivity contribution in [2.45, 2.75) is 18.8 Å². The quantitative estimate of drug-likeness (QED) is 0.679. The number of anilines is 1. The number of pyridine rings is 1. The molecule has 3 N–H and O–H groups in total. The van der Waals surface area contributed by atoms with Gasteiger partial charge in [0.2, 0.25) is 11.8 Å². The van der Waals surface area contributed by atoms with Crippen molar-refractivity contribution in [3.05, 3.63) is 24.2 Å². The summed E-state index contributed by atoms with van der Waals surface area (Å²) < 4.78 is 1.54. The van der Waals surface area contributed by atoms with Gasteiger partial charge in [-0.3, -0.25) is 14.9 Å². The van der Waals surface area contributed by atoms with Gasteiger partial charge in [-0.05, 0) is 12.5 Å². The molecular formula is C11H11N5O2. The molecule has 1 fully saturated rings. The number of nitrogens with two attached hydrogens (primary N) is 1. The molecule has 1 aliphatic rings. The van der Waals surface area contributed by atoms with Crippen molar-refractivity contribution in [2.24, 2.45) is 0 Å². The highest BCUT2D eigenvalue weighted by molar-refractivity contribution is 6.01. The Bertz CT molecular complexity index is 648. The van der Waals surface area contributed by atoms with E-state index in [1.807, 2.05) is 0 Å². The second-order valence-electron chi connectivity index (χ2n) is 4.26. The van der Waals surface area contributed by atoms with E-state index in [1.54, 1.807) is 12.3 Å². The number of hydrogen-bond donors (Lipinski definition) is 2. The Labute approximate surface area is 102 Å². The number of nitrogen functional groups attached to an aromatic ring is 1. The van der Waals surface area contributed by atoms with Crippen LogP contribution in [0.5, 0.6) is 0 Å². The lowest BCUT2D eigenvalue weighted by Gasteiger charge is -2.21. The van der Waals surface area contributed by atoms with Gasteiger partial charge in [0.25, 0.3) is 0 Å². The van der Waals surface area contributed by atoms with Crippen molar-refractivity contribution in [3.8, 4) is 0 Å². The molecule has 0 bridgehead atoms. The van der Waals surface area contributed by atoms with Crippen molar-refractivity contribution in [3.63, 3.8) is 0 Å². The Hall–Kier alpha value is -2.44. The number of rotatable bonds is 1. The molecule has 0 radical (unpaired) electrons. The Morgan fingerprint density at radius 2 is 2.28 bits per heavy atom. The van der Waals surface area contributed by atoms with Crippen LogP contribution in [-0.4, -0.2) is 26.4 Å². The van der Waals surface area contributed by atoms with Crippen LogP contribution in [0.1, 0.15) is 24.3 Å². The van der Waals surface area contributed by atoms with Gasteiger partial charge in [-0.25, -0.2) is 9.50 Å². The SMILES string of the molecule is Nc1cc(C2CCC(=O)NC2=O)c2ncnn2c1.